The molecule has 0 saturated carbocycles. The highest BCUT2D eigenvalue weighted by Gasteiger charge is 2.09. The van der Waals surface area contributed by atoms with Crippen molar-refractivity contribution >= 4 is 29.3 Å². The average Bonchev–Trinajstić information content (AvgIpc) is 3.09. The van der Waals surface area contributed by atoms with Gasteiger partial charge in [-0.25, -0.2) is 4.98 Å². The normalized spacial score (nSPS) is 10.6. The molecule has 0 aliphatic heterocycles. The van der Waals surface area contributed by atoms with E-state index >= 15 is 0 Å². The Labute approximate surface area is 155 Å². The minimum Gasteiger partial charge on any atom is -0.351 e. The van der Waals surface area contributed by atoms with Gasteiger partial charge in [0.15, 0.2) is 5.82 Å². The maximum atomic E-state index is 12.0. The summed E-state index contributed by atoms with van der Waals surface area (Å²) in [5.41, 5.74) is 3.17. The molecule has 25 heavy (non-hydrogen) atoms. The summed E-state index contributed by atoms with van der Waals surface area (Å²) >= 11 is 7.17. The van der Waals surface area contributed by atoms with Crippen molar-refractivity contribution in [3.63, 3.8) is 0 Å². The van der Waals surface area contributed by atoms with Gasteiger partial charge in [-0.1, -0.05) is 53.2 Å². The van der Waals surface area contributed by atoms with Gasteiger partial charge in [-0.3, -0.25) is 9.89 Å². The molecule has 1 amide bonds. The van der Waals surface area contributed by atoms with Crippen LogP contribution < -0.4 is 5.32 Å². The molecule has 0 spiro atoms. The van der Waals surface area contributed by atoms with Crippen molar-refractivity contribution in [3.05, 3.63) is 64.7 Å². The van der Waals surface area contributed by atoms with Gasteiger partial charge in [-0.2, -0.15) is 0 Å². The molecule has 0 fully saturated rings. The molecule has 1 heterocycles. The van der Waals surface area contributed by atoms with E-state index in [2.05, 4.69) is 20.5 Å². The quantitative estimate of drug-likeness (QED) is 0.645. The van der Waals surface area contributed by atoms with Crippen LogP contribution in [0.2, 0.25) is 5.02 Å². The van der Waals surface area contributed by atoms with Crippen LogP contribution in [0.5, 0.6) is 0 Å². The fourth-order valence-electron chi connectivity index (χ4n) is 2.14. The van der Waals surface area contributed by atoms with Crippen molar-refractivity contribution in [2.24, 2.45) is 0 Å². The van der Waals surface area contributed by atoms with E-state index in [4.69, 9.17) is 11.6 Å². The molecule has 0 aliphatic carbocycles. The number of aromatic nitrogens is 3. The van der Waals surface area contributed by atoms with Crippen LogP contribution >= 0.6 is 23.4 Å². The van der Waals surface area contributed by atoms with Crippen molar-refractivity contribution in [2.45, 2.75) is 18.6 Å². The molecule has 2 N–H and O–H groups in total. The van der Waals surface area contributed by atoms with Gasteiger partial charge in [-0.15, -0.1) is 5.10 Å². The van der Waals surface area contributed by atoms with E-state index in [0.29, 0.717) is 22.5 Å². The SMILES string of the molecule is Cc1ccc(CNC(=O)CSc2n[nH]c(-c3ccc(Cl)cc3)n2)cc1. The monoisotopic (exact) mass is 372 g/mol. The summed E-state index contributed by atoms with van der Waals surface area (Å²) in [6.45, 7) is 2.55. The molecule has 5 nitrogen and oxygen atoms in total. The van der Waals surface area contributed by atoms with Crippen molar-refractivity contribution in [1.82, 2.24) is 20.5 Å². The molecule has 2 aromatic carbocycles. The fraction of sp³-hybridized carbons (Fsp3) is 0.167. The number of H-pyrrole nitrogens is 1. The van der Waals surface area contributed by atoms with Gasteiger partial charge in [0.2, 0.25) is 11.1 Å². The van der Waals surface area contributed by atoms with E-state index in [1.165, 1.54) is 17.3 Å². The largest absolute Gasteiger partial charge is 0.351 e. The van der Waals surface area contributed by atoms with Crippen LogP contribution in [-0.2, 0) is 11.3 Å². The number of halogens is 1. The molecule has 0 bridgehead atoms. The highest BCUT2D eigenvalue weighted by molar-refractivity contribution is 7.99. The zero-order valence-corrected chi connectivity index (χ0v) is 15.2. The zero-order valence-electron chi connectivity index (χ0n) is 13.6. The maximum Gasteiger partial charge on any atom is 0.230 e. The number of amides is 1. The van der Waals surface area contributed by atoms with Gasteiger partial charge >= 0.3 is 0 Å². The van der Waals surface area contributed by atoms with E-state index in [-0.39, 0.29) is 11.7 Å². The molecule has 0 radical (unpaired) electrons. The molecule has 1 aromatic heterocycles. The third kappa shape index (κ3) is 5.08. The highest BCUT2D eigenvalue weighted by Crippen LogP contribution is 2.20. The second kappa shape index (κ2) is 8.18. The number of carbonyl (C=O) groups is 1. The summed E-state index contributed by atoms with van der Waals surface area (Å²) in [5.74, 6) is 0.867. The summed E-state index contributed by atoms with van der Waals surface area (Å²) in [5, 5.41) is 11.1. The van der Waals surface area contributed by atoms with Crippen LogP contribution in [0.25, 0.3) is 11.4 Å². The van der Waals surface area contributed by atoms with Gasteiger partial charge in [0.05, 0.1) is 5.75 Å². The Morgan fingerprint density at radius 1 is 1.16 bits per heavy atom. The van der Waals surface area contributed by atoms with Crippen LogP contribution in [0.3, 0.4) is 0 Å². The second-order valence-electron chi connectivity index (χ2n) is 5.52. The summed E-state index contributed by atoms with van der Waals surface area (Å²) < 4.78 is 0. The minimum absolute atomic E-state index is 0.0524. The van der Waals surface area contributed by atoms with E-state index in [0.717, 1.165) is 11.1 Å². The summed E-state index contributed by atoms with van der Waals surface area (Å²) in [6, 6.07) is 15.4. The lowest BCUT2D eigenvalue weighted by molar-refractivity contribution is -0.118. The average molecular weight is 373 g/mol. The third-order valence-corrected chi connectivity index (χ3v) is 4.62. The molecule has 0 atom stereocenters. The first-order chi connectivity index (χ1) is 12.1. The third-order valence-electron chi connectivity index (χ3n) is 3.53. The lowest BCUT2D eigenvalue weighted by Gasteiger charge is -2.04. The Kier molecular flexibility index (Phi) is 5.73. The molecule has 3 rings (SSSR count). The minimum atomic E-state index is -0.0524. The van der Waals surface area contributed by atoms with Crippen LogP contribution in [0.4, 0.5) is 0 Å². The lowest BCUT2D eigenvalue weighted by Crippen LogP contribution is -2.24. The molecule has 128 valence electrons. The van der Waals surface area contributed by atoms with Gasteiger partial charge in [0.1, 0.15) is 0 Å². The molecule has 0 aliphatic rings. The van der Waals surface area contributed by atoms with Crippen molar-refractivity contribution in [3.8, 4) is 11.4 Å². The van der Waals surface area contributed by atoms with Crippen LogP contribution in [-0.4, -0.2) is 26.8 Å². The Balaban J connectivity index is 1.49. The van der Waals surface area contributed by atoms with Crippen LogP contribution in [0.1, 0.15) is 11.1 Å². The van der Waals surface area contributed by atoms with Crippen molar-refractivity contribution < 1.29 is 4.79 Å². The highest BCUT2D eigenvalue weighted by atomic mass is 35.5. The maximum absolute atomic E-state index is 12.0. The molecule has 0 saturated heterocycles. The first-order valence-corrected chi connectivity index (χ1v) is 9.10. The van der Waals surface area contributed by atoms with Gasteiger partial charge in [-0.05, 0) is 36.8 Å². The summed E-state index contributed by atoms with van der Waals surface area (Å²) in [7, 11) is 0. The Hall–Kier alpha value is -2.31. The predicted molar refractivity (Wildman–Crippen MR) is 101 cm³/mol. The number of benzene rings is 2. The molecular weight excluding hydrogens is 356 g/mol. The lowest BCUT2D eigenvalue weighted by atomic mass is 10.1. The Bertz CT molecular complexity index is 846. The Morgan fingerprint density at radius 2 is 1.88 bits per heavy atom. The Morgan fingerprint density at radius 3 is 2.60 bits per heavy atom. The van der Waals surface area contributed by atoms with E-state index in [1.54, 1.807) is 12.1 Å². The number of rotatable bonds is 6. The van der Waals surface area contributed by atoms with Gasteiger partial charge < -0.3 is 5.32 Å². The van der Waals surface area contributed by atoms with E-state index in [1.807, 2.05) is 43.3 Å². The standard InChI is InChI=1S/C18H17ClN4OS/c1-12-2-4-13(5-3-12)10-20-16(24)11-25-18-21-17(22-23-18)14-6-8-15(19)9-7-14/h2-9H,10-11H2,1H3,(H,20,24)(H,21,22,23). The second-order valence-corrected chi connectivity index (χ2v) is 6.90. The van der Waals surface area contributed by atoms with Crippen molar-refractivity contribution in [2.75, 3.05) is 5.75 Å². The number of carbonyl (C=O) groups excluding carboxylic acids is 1. The molecular formula is C18H17ClN4OS. The fourth-order valence-corrected chi connectivity index (χ4v) is 2.89. The van der Waals surface area contributed by atoms with Crippen LogP contribution in [0.15, 0.2) is 53.7 Å². The van der Waals surface area contributed by atoms with Gasteiger partial charge in [0.25, 0.3) is 0 Å². The zero-order chi connectivity index (χ0) is 17.6. The number of nitrogens with one attached hydrogen (secondary N) is 2. The number of hydrogen-bond donors (Lipinski definition) is 2. The molecule has 3 aromatic rings. The first-order valence-electron chi connectivity index (χ1n) is 7.73. The summed E-state index contributed by atoms with van der Waals surface area (Å²) in [6.07, 6.45) is 0. The smallest absolute Gasteiger partial charge is 0.230 e. The number of aromatic amines is 1. The predicted octanol–water partition coefficient (Wildman–Crippen LogP) is 3.84. The number of thioether (sulfide) groups is 1. The van der Waals surface area contributed by atoms with E-state index < -0.39 is 0 Å². The van der Waals surface area contributed by atoms with Crippen molar-refractivity contribution in [1.29, 1.82) is 0 Å². The molecule has 0 unspecified atom stereocenters. The molecule has 7 heteroatoms. The number of nitrogens with zero attached hydrogens (tertiary/aromatic N) is 2. The van der Waals surface area contributed by atoms with Gasteiger partial charge in [0, 0.05) is 17.1 Å². The topological polar surface area (TPSA) is 70.7 Å². The number of hydrogen-bond acceptors (Lipinski definition) is 4. The van der Waals surface area contributed by atoms with E-state index in [9.17, 15) is 4.79 Å². The first kappa shape index (κ1) is 17.5. The summed E-state index contributed by atoms with van der Waals surface area (Å²) in [4.78, 5) is 16.3. The van der Waals surface area contributed by atoms with Crippen LogP contribution in [0, 0.1) is 6.92 Å². The number of aryl methyl sites for hydroxylation is 1.